The van der Waals surface area contributed by atoms with Crippen molar-refractivity contribution in [3.8, 4) is 0 Å². The molecular formula is C14H19F3N2O. The zero-order chi connectivity index (χ0) is 15.4. The van der Waals surface area contributed by atoms with Gasteiger partial charge in [0.1, 0.15) is 6.04 Å². The van der Waals surface area contributed by atoms with Crippen molar-refractivity contribution >= 4 is 5.91 Å². The Morgan fingerprint density at radius 3 is 2.45 bits per heavy atom. The van der Waals surface area contributed by atoms with Gasteiger partial charge in [-0.1, -0.05) is 26.8 Å². The van der Waals surface area contributed by atoms with E-state index in [0.717, 1.165) is 5.56 Å². The lowest BCUT2D eigenvalue weighted by molar-refractivity contribution is -0.180. The maximum atomic E-state index is 12.9. The summed E-state index contributed by atoms with van der Waals surface area (Å²) in [7, 11) is 0. The maximum absolute atomic E-state index is 12.9. The van der Waals surface area contributed by atoms with Crippen molar-refractivity contribution in [1.29, 1.82) is 0 Å². The molecule has 0 fully saturated rings. The molecule has 0 spiro atoms. The Balaban J connectivity index is 2.59. The van der Waals surface area contributed by atoms with E-state index in [9.17, 15) is 18.0 Å². The highest BCUT2D eigenvalue weighted by Crippen LogP contribution is 2.33. The van der Waals surface area contributed by atoms with Gasteiger partial charge in [0, 0.05) is 18.8 Å². The van der Waals surface area contributed by atoms with Crippen molar-refractivity contribution in [3.05, 3.63) is 30.1 Å². The molecule has 1 atom stereocenters. The van der Waals surface area contributed by atoms with E-state index < -0.39 is 23.5 Å². The molecule has 1 aromatic heterocycles. The zero-order valence-electron chi connectivity index (χ0n) is 11.8. The van der Waals surface area contributed by atoms with Gasteiger partial charge in [-0.25, -0.2) is 0 Å². The lowest BCUT2D eigenvalue weighted by Crippen LogP contribution is -2.53. The molecule has 0 radical (unpaired) electrons. The minimum absolute atomic E-state index is 0.00829. The van der Waals surface area contributed by atoms with E-state index in [2.05, 4.69) is 10.3 Å². The van der Waals surface area contributed by atoms with Crippen LogP contribution in [0.25, 0.3) is 0 Å². The van der Waals surface area contributed by atoms with Crippen molar-refractivity contribution in [2.24, 2.45) is 5.41 Å². The fraction of sp³-hybridized carbons (Fsp3) is 0.571. The first-order chi connectivity index (χ1) is 9.10. The third kappa shape index (κ3) is 5.19. The molecule has 0 saturated heterocycles. The highest BCUT2D eigenvalue weighted by molar-refractivity contribution is 5.76. The number of pyridine rings is 1. The Bertz CT molecular complexity index is 424. The summed E-state index contributed by atoms with van der Waals surface area (Å²) in [5.41, 5.74) is -0.260. The smallest absolute Gasteiger partial charge is 0.344 e. The molecule has 0 unspecified atom stereocenters. The van der Waals surface area contributed by atoms with E-state index in [1.807, 2.05) is 0 Å². The zero-order valence-corrected chi connectivity index (χ0v) is 11.8. The van der Waals surface area contributed by atoms with Crippen LogP contribution in [0.5, 0.6) is 0 Å². The largest absolute Gasteiger partial charge is 0.409 e. The quantitative estimate of drug-likeness (QED) is 0.925. The number of aromatic nitrogens is 1. The summed E-state index contributed by atoms with van der Waals surface area (Å²) in [5, 5.41) is 2.08. The Labute approximate surface area is 116 Å². The van der Waals surface area contributed by atoms with Crippen LogP contribution >= 0.6 is 0 Å². The van der Waals surface area contributed by atoms with Crippen LogP contribution in [0.4, 0.5) is 13.2 Å². The number of amides is 1. The number of hydrogen-bond acceptors (Lipinski definition) is 2. The van der Waals surface area contributed by atoms with Crippen molar-refractivity contribution in [1.82, 2.24) is 10.3 Å². The summed E-state index contributed by atoms with van der Waals surface area (Å²) in [4.78, 5) is 15.6. The number of carbonyl (C=O) groups excluding carboxylic acids is 1. The normalized spacial score (nSPS) is 13.9. The van der Waals surface area contributed by atoms with Crippen LogP contribution in [-0.4, -0.2) is 23.1 Å². The molecular weight excluding hydrogens is 269 g/mol. The summed E-state index contributed by atoms with van der Waals surface area (Å²) in [5.74, 6) is -0.605. The van der Waals surface area contributed by atoms with Gasteiger partial charge >= 0.3 is 6.18 Å². The summed E-state index contributed by atoms with van der Waals surface area (Å²) in [6.07, 6.45) is -0.883. The minimum atomic E-state index is -4.46. The third-order valence-electron chi connectivity index (χ3n) is 2.86. The molecule has 1 amide bonds. The van der Waals surface area contributed by atoms with Gasteiger partial charge in [-0.05, 0) is 23.5 Å². The number of carbonyl (C=O) groups is 1. The van der Waals surface area contributed by atoms with E-state index in [0.29, 0.717) is 6.42 Å². The van der Waals surface area contributed by atoms with Gasteiger partial charge in [-0.15, -0.1) is 0 Å². The summed E-state index contributed by atoms with van der Waals surface area (Å²) in [6.45, 7) is 4.35. The third-order valence-corrected chi connectivity index (χ3v) is 2.86. The monoisotopic (exact) mass is 288 g/mol. The molecule has 1 rings (SSSR count). The van der Waals surface area contributed by atoms with E-state index in [4.69, 9.17) is 0 Å². The molecule has 0 saturated carbocycles. The van der Waals surface area contributed by atoms with Crippen LogP contribution in [0.3, 0.4) is 0 Å². The molecule has 0 aliphatic carbocycles. The van der Waals surface area contributed by atoms with Gasteiger partial charge in [0.25, 0.3) is 0 Å². The van der Waals surface area contributed by atoms with Gasteiger partial charge in [-0.2, -0.15) is 13.2 Å². The molecule has 0 bridgehead atoms. The highest BCUT2D eigenvalue weighted by Gasteiger charge is 2.47. The Kier molecular flexibility index (Phi) is 5.14. The summed E-state index contributed by atoms with van der Waals surface area (Å²) < 4.78 is 38.7. The molecule has 20 heavy (non-hydrogen) atoms. The summed E-state index contributed by atoms with van der Waals surface area (Å²) >= 11 is 0. The van der Waals surface area contributed by atoms with Gasteiger partial charge in [0.05, 0.1) is 0 Å². The van der Waals surface area contributed by atoms with Gasteiger partial charge in [-0.3, -0.25) is 9.78 Å². The van der Waals surface area contributed by atoms with Gasteiger partial charge in [0.2, 0.25) is 5.91 Å². The number of nitrogens with one attached hydrogen (secondary N) is 1. The molecule has 3 nitrogen and oxygen atoms in total. The molecule has 0 aliphatic rings. The average Bonchev–Trinajstić information content (AvgIpc) is 2.32. The van der Waals surface area contributed by atoms with E-state index in [-0.39, 0.29) is 6.42 Å². The molecule has 112 valence electrons. The van der Waals surface area contributed by atoms with Crippen molar-refractivity contribution in [2.75, 3.05) is 0 Å². The second-order valence-corrected chi connectivity index (χ2v) is 5.77. The number of nitrogens with zero attached hydrogens (tertiary/aromatic N) is 1. The maximum Gasteiger partial charge on any atom is 0.409 e. The van der Waals surface area contributed by atoms with E-state index in [1.54, 1.807) is 24.5 Å². The first kappa shape index (κ1) is 16.5. The van der Waals surface area contributed by atoms with E-state index >= 15 is 0 Å². The number of rotatable bonds is 4. The second-order valence-electron chi connectivity index (χ2n) is 5.77. The molecule has 1 aromatic rings. The fourth-order valence-electron chi connectivity index (χ4n) is 1.83. The van der Waals surface area contributed by atoms with Crippen molar-refractivity contribution in [3.63, 3.8) is 0 Å². The Morgan fingerprint density at radius 1 is 1.35 bits per heavy atom. The predicted octanol–water partition coefficient (Wildman–Crippen LogP) is 3.11. The SMILES string of the molecule is CC(C)(C)[C@H](NC(=O)CCc1cccnc1)C(F)(F)F. The Morgan fingerprint density at radius 2 is 2.00 bits per heavy atom. The number of halogens is 3. The summed E-state index contributed by atoms with van der Waals surface area (Å²) in [6, 6.07) is 1.66. The number of hydrogen-bond donors (Lipinski definition) is 1. The highest BCUT2D eigenvalue weighted by atomic mass is 19.4. The minimum Gasteiger partial charge on any atom is -0.344 e. The molecule has 0 aliphatic heterocycles. The van der Waals surface area contributed by atoms with Gasteiger partial charge in [0.15, 0.2) is 0 Å². The van der Waals surface area contributed by atoms with Gasteiger partial charge < -0.3 is 5.32 Å². The van der Waals surface area contributed by atoms with Crippen LogP contribution in [0.1, 0.15) is 32.8 Å². The lowest BCUT2D eigenvalue weighted by atomic mass is 9.86. The predicted molar refractivity (Wildman–Crippen MR) is 70.0 cm³/mol. The number of alkyl halides is 3. The van der Waals surface area contributed by atoms with Crippen molar-refractivity contribution < 1.29 is 18.0 Å². The van der Waals surface area contributed by atoms with Crippen LogP contribution in [-0.2, 0) is 11.2 Å². The first-order valence-corrected chi connectivity index (χ1v) is 6.35. The second kappa shape index (κ2) is 6.24. The lowest BCUT2D eigenvalue weighted by Gasteiger charge is -2.33. The molecule has 1 N–H and O–H groups in total. The fourth-order valence-corrected chi connectivity index (χ4v) is 1.83. The number of aryl methyl sites for hydroxylation is 1. The van der Waals surface area contributed by atoms with Crippen molar-refractivity contribution in [2.45, 2.75) is 45.8 Å². The van der Waals surface area contributed by atoms with E-state index in [1.165, 1.54) is 20.8 Å². The van der Waals surface area contributed by atoms with Crippen LogP contribution < -0.4 is 5.32 Å². The first-order valence-electron chi connectivity index (χ1n) is 6.35. The van der Waals surface area contributed by atoms with Crippen LogP contribution in [0, 0.1) is 5.41 Å². The Hall–Kier alpha value is -1.59. The van der Waals surface area contributed by atoms with Crippen LogP contribution in [0.15, 0.2) is 24.5 Å². The van der Waals surface area contributed by atoms with Crippen LogP contribution in [0.2, 0.25) is 0 Å². The standard InChI is InChI=1S/C14H19F3N2O/c1-13(2,3)12(14(15,16)17)19-11(20)7-6-10-5-4-8-18-9-10/h4-5,8-9,12H,6-7H2,1-3H3,(H,19,20)/t12-/m0/s1. The topological polar surface area (TPSA) is 42.0 Å². The molecule has 0 aromatic carbocycles. The molecule has 6 heteroatoms. The molecule has 1 heterocycles. The average molecular weight is 288 g/mol.